The third-order valence-electron chi connectivity index (χ3n) is 5.21. The van der Waals surface area contributed by atoms with Crippen LogP contribution in [0.4, 0.5) is 0 Å². The van der Waals surface area contributed by atoms with Crippen LogP contribution < -0.4 is 5.73 Å². The standard InChI is InChI=1S/C21H24N2O6S/c1-13-3-8-18(9-14(13)2)30(27,28)23-11-17(24)10-19(23)21(26)29-12-15-4-6-16(7-5-15)20(22)25/h3-9,17,19,24H,10-12H2,1-2H3,(H2,22,25)/t17?,19-/m0/s1. The minimum atomic E-state index is -3.98. The first-order valence-electron chi connectivity index (χ1n) is 9.42. The van der Waals surface area contributed by atoms with Gasteiger partial charge in [0.25, 0.3) is 0 Å². The van der Waals surface area contributed by atoms with Crippen molar-refractivity contribution in [3.05, 3.63) is 64.7 Å². The molecular weight excluding hydrogens is 408 g/mol. The molecule has 0 bridgehead atoms. The number of ether oxygens (including phenoxy) is 1. The summed E-state index contributed by atoms with van der Waals surface area (Å²) in [5.41, 5.74) is 7.91. The number of hydrogen-bond acceptors (Lipinski definition) is 6. The number of nitrogens with two attached hydrogens (primary N) is 1. The highest BCUT2D eigenvalue weighted by Gasteiger charge is 2.44. The number of aliphatic hydroxyl groups excluding tert-OH is 1. The number of sulfonamides is 1. The fourth-order valence-electron chi connectivity index (χ4n) is 3.29. The van der Waals surface area contributed by atoms with Crippen LogP contribution in [0.25, 0.3) is 0 Å². The molecule has 0 saturated carbocycles. The van der Waals surface area contributed by atoms with Gasteiger partial charge in [-0.2, -0.15) is 4.31 Å². The first kappa shape index (κ1) is 21.9. The Hall–Kier alpha value is -2.75. The number of rotatable bonds is 6. The minimum absolute atomic E-state index is 0.0382. The maximum Gasteiger partial charge on any atom is 0.324 e. The van der Waals surface area contributed by atoms with Gasteiger partial charge in [-0.25, -0.2) is 8.42 Å². The van der Waals surface area contributed by atoms with Crippen molar-refractivity contribution < 1.29 is 27.9 Å². The van der Waals surface area contributed by atoms with Gasteiger partial charge in [-0.3, -0.25) is 9.59 Å². The van der Waals surface area contributed by atoms with E-state index in [1.807, 2.05) is 13.8 Å². The van der Waals surface area contributed by atoms with E-state index in [9.17, 15) is 23.1 Å². The van der Waals surface area contributed by atoms with E-state index in [0.29, 0.717) is 11.1 Å². The maximum atomic E-state index is 13.1. The van der Waals surface area contributed by atoms with Gasteiger partial charge in [0.15, 0.2) is 0 Å². The molecule has 1 aliphatic heterocycles. The lowest BCUT2D eigenvalue weighted by atomic mass is 10.1. The number of β-amino-alcohol motifs (C(OH)–C–C–N with tert-alkyl or cyclic N) is 1. The molecule has 3 N–H and O–H groups in total. The number of esters is 1. The second-order valence-corrected chi connectivity index (χ2v) is 9.29. The molecule has 2 aromatic rings. The normalized spacial score (nSPS) is 19.6. The summed E-state index contributed by atoms with van der Waals surface area (Å²) in [6, 6.07) is 9.86. The largest absolute Gasteiger partial charge is 0.460 e. The van der Waals surface area contributed by atoms with E-state index in [1.165, 1.54) is 18.2 Å². The van der Waals surface area contributed by atoms with Crippen LogP contribution in [-0.2, 0) is 26.2 Å². The smallest absolute Gasteiger partial charge is 0.324 e. The average molecular weight is 432 g/mol. The first-order chi connectivity index (χ1) is 14.1. The second kappa shape index (κ2) is 8.55. The van der Waals surface area contributed by atoms with E-state index in [4.69, 9.17) is 10.5 Å². The summed E-state index contributed by atoms with van der Waals surface area (Å²) in [5.74, 6) is -1.30. The van der Waals surface area contributed by atoms with Crippen molar-refractivity contribution >= 4 is 21.9 Å². The Bertz CT molecular complexity index is 1070. The van der Waals surface area contributed by atoms with E-state index in [-0.39, 0.29) is 24.5 Å². The predicted octanol–water partition coefficient (Wildman–Crippen LogP) is 1.27. The van der Waals surface area contributed by atoms with Crippen molar-refractivity contribution in [2.24, 2.45) is 5.73 Å². The third-order valence-corrected chi connectivity index (χ3v) is 7.08. The van der Waals surface area contributed by atoms with E-state index in [2.05, 4.69) is 0 Å². The van der Waals surface area contributed by atoms with Gasteiger partial charge in [-0.1, -0.05) is 18.2 Å². The fraction of sp³-hybridized carbons (Fsp3) is 0.333. The Kier molecular flexibility index (Phi) is 6.25. The third kappa shape index (κ3) is 4.53. The van der Waals surface area contributed by atoms with Gasteiger partial charge in [-0.15, -0.1) is 0 Å². The lowest BCUT2D eigenvalue weighted by Crippen LogP contribution is -2.41. The molecule has 0 aliphatic carbocycles. The summed E-state index contributed by atoms with van der Waals surface area (Å²) in [6.45, 7) is 3.41. The number of amides is 1. The van der Waals surface area contributed by atoms with Crippen LogP contribution in [-0.4, -0.2) is 48.4 Å². The molecule has 1 fully saturated rings. The Morgan fingerprint density at radius 1 is 1.13 bits per heavy atom. The summed E-state index contributed by atoms with van der Waals surface area (Å²) in [6.07, 6.45) is -0.998. The Balaban J connectivity index is 1.75. The lowest BCUT2D eigenvalue weighted by molar-refractivity contribution is -0.148. The van der Waals surface area contributed by atoms with Crippen LogP contribution >= 0.6 is 0 Å². The molecule has 2 atom stereocenters. The molecular formula is C21H24N2O6S. The summed E-state index contributed by atoms with van der Waals surface area (Å²) in [5, 5.41) is 10.0. The van der Waals surface area contributed by atoms with Gasteiger partial charge in [0.05, 0.1) is 11.0 Å². The molecule has 1 aliphatic rings. The van der Waals surface area contributed by atoms with Gasteiger partial charge in [0, 0.05) is 18.5 Å². The molecule has 160 valence electrons. The molecule has 1 saturated heterocycles. The zero-order valence-corrected chi connectivity index (χ0v) is 17.6. The molecule has 2 aromatic carbocycles. The Labute approximate surface area is 175 Å². The van der Waals surface area contributed by atoms with Gasteiger partial charge in [0.2, 0.25) is 15.9 Å². The van der Waals surface area contributed by atoms with Crippen molar-refractivity contribution in [3.63, 3.8) is 0 Å². The van der Waals surface area contributed by atoms with Gasteiger partial charge >= 0.3 is 5.97 Å². The lowest BCUT2D eigenvalue weighted by Gasteiger charge is -2.23. The molecule has 0 aromatic heterocycles. The van der Waals surface area contributed by atoms with Crippen LogP contribution in [0.15, 0.2) is 47.4 Å². The predicted molar refractivity (Wildman–Crippen MR) is 109 cm³/mol. The van der Waals surface area contributed by atoms with Crippen molar-refractivity contribution in [1.82, 2.24) is 4.31 Å². The van der Waals surface area contributed by atoms with E-state index in [0.717, 1.165) is 15.4 Å². The molecule has 1 amide bonds. The highest BCUT2D eigenvalue weighted by Crippen LogP contribution is 2.28. The monoisotopic (exact) mass is 432 g/mol. The summed E-state index contributed by atoms with van der Waals surface area (Å²) in [4.78, 5) is 23.8. The van der Waals surface area contributed by atoms with Crippen LogP contribution in [0, 0.1) is 13.8 Å². The van der Waals surface area contributed by atoms with E-state index < -0.39 is 34.0 Å². The van der Waals surface area contributed by atoms with E-state index >= 15 is 0 Å². The Morgan fingerprint density at radius 3 is 2.40 bits per heavy atom. The van der Waals surface area contributed by atoms with Crippen molar-refractivity contribution in [2.45, 2.75) is 43.9 Å². The highest BCUT2D eigenvalue weighted by atomic mass is 32.2. The number of primary amides is 1. The highest BCUT2D eigenvalue weighted by molar-refractivity contribution is 7.89. The van der Waals surface area contributed by atoms with Crippen LogP contribution in [0.2, 0.25) is 0 Å². The van der Waals surface area contributed by atoms with Gasteiger partial charge in [0.1, 0.15) is 12.6 Å². The quantitative estimate of drug-likeness (QED) is 0.662. The SMILES string of the molecule is Cc1ccc(S(=O)(=O)N2CC(O)C[C@H]2C(=O)OCc2ccc(C(N)=O)cc2)cc1C. The number of carbonyl (C=O) groups is 2. The van der Waals surface area contributed by atoms with E-state index in [1.54, 1.807) is 24.3 Å². The van der Waals surface area contributed by atoms with Crippen molar-refractivity contribution in [1.29, 1.82) is 0 Å². The molecule has 3 rings (SSSR count). The zero-order chi connectivity index (χ0) is 22.1. The minimum Gasteiger partial charge on any atom is -0.460 e. The Morgan fingerprint density at radius 2 is 1.80 bits per heavy atom. The first-order valence-corrected chi connectivity index (χ1v) is 10.9. The zero-order valence-electron chi connectivity index (χ0n) is 16.7. The van der Waals surface area contributed by atoms with Crippen LogP contribution in [0.3, 0.4) is 0 Å². The number of carbonyl (C=O) groups excluding carboxylic acids is 2. The molecule has 1 heterocycles. The number of benzene rings is 2. The fourth-order valence-corrected chi connectivity index (χ4v) is 5.00. The molecule has 0 radical (unpaired) electrons. The molecule has 1 unspecified atom stereocenters. The number of hydrogen-bond donors (Lipinski definition) is 2. The second-order valence-electron chi connectivity index (χ2n) is 7.39. The molecule has 0 spiro atoms. The number of aliphatic hydroxyl groups is 1. The molecule has 8 nitrogen and oxygen atoms in total. The molecule has 9 heteroatoms. The van der Waals surface area contributed by atoms with Crippen LogP contribution in [0.1, 0.15) is 33.5 Å². The summed E-state index contributed by atoms with van der Waals surface area (Å²) in [7, 11) is -3.98. The topological polar surface area (TPSA) is 127 Å². The van der Waals surface area contributed by atoms with Crippen LogP contribution in [0.5, 0.6) is 0 Å². The molecule has 30 heavy (non-hydrogen) atoms. The average Bonchev–Trinajstić information content (AvgIpc) is 3.11. The van der Waals surface area contributed by atoms with Crippen molar-refractivity contribution in [2.75, 3.05) is 6.54 Å². The maximum absolute atomic E-state index is 13.1. The number of aryl methyl sites for hydroxylation is 2. The number of nitrogens with zero attached hydrogens (tertiary/aromatic N) is 1. The van der Waals surface area contributed by atoms with Gasteiger partial charge in [-0.05, 0) is 54.8 Å². The summed E-state index contributed by atoms with van der Waals surface area (Å²) >= 11 is 0. The summed E-state index contributed by atoms with van der Waals surface area (Å²) < 4.78 is 32.5. The van der Waals surface area contributed by atoms with Gasteiger partial charge < -0.3 is 15.6 Å². The van der Waals surface area contributed by atoms with Crippen molar-refractivity contribution in [3.8, 4) is 0 Å².